The Morgan fingerprint density at radius 2 is 1.72 bits per heavy atom. The minimum absolute atomic E-state index is 0.816. The van der Waals surface area contributed by atoms with Crippen molar-refractivity contribution in [3.63, 3.8) is 0 Å². The lowest BCUT2D eigenvalue weighted by Crippen LogP contribution is -2.24. The highest BCUT2D eigenvalue weighted by Gasteiger charge is 2.17. The van der Waals surface area contributed by atoms with Crippen LogP contribution in [0.25, 0.3) is 6.58 Å². The Balaban J connectivity index is 2.46. The Labute approximate surface area is 106 Å². The molecule has 0 aliphatic carbocycles. The standard InChI is InChI=1S/C16H15NO/c1-9-10(2)12(4)16-15(11(9)3)17-13-7-5-6-8-14(13)18-16/h5-8H,2H2,1,3-4H3. The van der Waals surface area contributed by atoms with E-state index in [1.807, 2.05) is 31.2 Å². The summed E-state index contributed by atoms with van der Waals surface area (Å²) in [6, 6.07) is 7.85. The molecule has 2 heteroatoms. The van der Waals surface area contributed by atoms with Crippen LogP contribution in [0.2, 0.25) is 0 Å². The normalized spacial score (nSPS) is 12.2. The van der Waals surface area contributed by atoms with Gasteiger partial charge in [-0.2, -0.15) is 0 Å². The van der Waals surface area contributed by atoms with E-state index < -0.39 is 0 Å². The molecule has 2 nitrogen and oxygen atoms in total. The van der Waals surface area contributed by atoms with E-state index in [4.69, 9.17) is 9.73 Å². The molecule has 0 spiro atoms. The molecule has 0 saturated carbocycles. The lowest BCUT2D eigenvalue weighted by atomic mass is 10.0. The van der Waals surface area contributed by atoms with Crippen LogP contribution in [0.4, 0.5) is 5.69 Å². The molecule has 0 bridgehead atoms. The molecule has 2 aromatic carbocycles. The first kappa shape index (κ1) is 11.0. The molecule has 2 aromatic rings. The topological polar surface area (TPSA) is 21.6 Å². The summed E-state index contributed by atoms with van der Waals surface area (Å²) in [4.78, 5) is 4.72. The molecule has 1 aliphatic rings. The van der Waals surface area contributed by atoms with Crippen LogP contribution in [0, 0.1) is 20.8 Å². The number of rotatable bonds is 0. The van der Waals surface area contributed by atoms with Gasteiger partial charge in [-0.1, -0.05) is 18.7 Å². The summed E-state index contributed by atoms with van der Waals surface area (Å²) in [5.74, 6) is 1.66. The number of benzene rings is 2. The fourth-order valence-corrected chi connectivity index (χ4v) is 2.30. The van der Waals surface area contributed by atoms with Gasteiger partial charge < -0.3 is 4.74 Å². The van der Waals surface area contributed by atoms with E-state index >= 15 is 0 Å². The second-order valence-corrected chi connectivity index (χ2v) is 4.71. The molecular formula is C16H15NO. The predicted octanol–water partition coefficient (Wildman–Crippen LogP) is 3.08. The fourth-order valence-electron chi connectivity index (χ4n) is 2.30. The van der Waals surface area contributed by atoms with Gasteiger partial charge in [-0.25, -0.2) is 4.99 Å². The van der Waals surface area contributed by atoms with Gasteiger partial charge in [0.25, 0.3) is 0 Å². The van der Waals surface area contributed by atoms with Crippen molar-refractivity contribution in [2.75, 3.05) is 0 Å². The van der Waals surface area contributed by atoms with E-state index in [9.17, 15) is 0 Å². The minimum atomic E-state index is 0.816. The third-order valence-corrected chi connectivity index (χ3v) is 3.69. The number of para-hydroxylation sites is 2. The lowest BCUT2D eigenvalue weighted by Gasteiger charge is -2.18. The Hall–Kier alpha value is -2.09. The van der Waals surface area contributed by atoms with Crippen molar-refractivity contribution in [3.8, 4) is 11.5 Å². The molecule has 0 amide bonds. The van der Waals surface area contributed by atoms with Crippen LogP contribution in [0.3, 0.4) is 0 Å². The molecule has 0 radical (unpaired) electrons. The molecule has 1 heterocycles. The number of hydrogen-bond acceptors (Lipinski definition) is 2. The monoisotopic (exact) mass is 237 g/mol. The predicted molar refractivity (Wildman–Crippen MR) is 73.1 cm³/mol. The van der Waals surface area contributed by atoms with Crippen LogP contribution >= 0.6 is 0 Å². The number of fused-ring (bicyclic) bond motifs is 2. The molecule has 3 rings (SSSR count). The first-order valence-electron chi connectivity index (χ1n) is 6.04. The summed E-state index contributed by atoms with van der Waals surface area (Å²) in [6.45, 7) is 10.3. The third kappa shape index (κ3) is 1.39. The zero-order chi connectivity index (χ0) is 12.9. The molecule has 0 unspecified atom stereocenters. The first-order valence-corrected chi connectivity index (χ1v) is 6.04. The molecule has 0 saturated heterocycles. The van der Waals surface area contributed by atoms with E-state index in [0.717, 1.165) is 38.9 Å². The van der Waals surface area contributed by atoms with Gasteiger partial charge in [0.05, 0.1) is 0 Å². The zero-order valence-corrected chi connectivity index (χ0v) is 10.9. The summed E-state index contributed by atoms with van der Waals surface area (Å²) >= 11 is 0. The summed E-state index contributed by atoms with van der Waals surface area (Å²) < 4.78 is 5.99. The van der Waals surface area contributed by atoms with Crippen LogP contribution in [-0.4, -0.2) is 0 Å². The van der Waals surface area contributed by atoms with Crippen LogP contribution in [0.5, 0.6) is 11.5 Å². The Morgan fingerprint density at radius 1 is 1.00 bits per heavy atom. The van der Waals surface area contributed by atoms with Crippen LogP contribution in [0.1, 0.15) is 16.7 Å². The van der Waals surface area contributed by atoms with E-state index in [0.29, 0.717) is 0 Å². The second kappa shape index (κ2) is 3.70. The van der Waals surface area contributed by atoms with Crippen molar-refractivity contribution < 1.29 is 4.74 Å². The SMILES string of the molecule is C=c1c(C)c(C)c2c(c1C)Oc1ccccc1N=2. The van der Waals surface area contributed by atoms with Crippen molar-refractivity contribution in [2.24, 2.45) is 4.99 Å². The average Bonchev–Trinajstić information content (AvgIpc) is 2.41. The van der Waals surface area contributed by atoms with Crippen LogP contribution in [-0.2, 0) is 0 Å². The molecule has 18 heavy (non-hydrogen) atoms. The van der Waals surface area contributed by atoms with Crippen LogP contribution in [0.15, 0.2) is 29.3 Å². The van der Waals surface area contributed by atoms with Gasteiger partial charge in [0, 0.05) is 5.56 Å². The van der Waals surface area contributed by atoms with Gasteiger partial charge in [-0.05, 0) is 49.2 Å². The van der Waals surface area contributed by atoms with Crippen molar-refractivity contribution >= 4 is 12.3 Å². The van der Waals surface area contributed by atoms with Gasteiger partial charge in [0.2, 0.25) is 0 Å². The first-order chi connectivity index (χ1) is 8.59. The molecular weight excluding hydrogens is 222 g/mol. The van der Waals surface area contributed by atoms with Crippen molar-refractivity contribution in [1.82, 2.24) is 0 Å². The van der Waals surface area contributed by atoms with Gasteiger partial charge in [0.15, 0.2) is 11.5 Å². The summed E-state index contributed by atoms with van der Waals surface area (Å²) in [5.41, 5.74) is 4.31. The highest BCUT2D eigenvalue weighted by Crippen LogP contribution is 2.34. The van der Waals surface area contributed by atoms with Crippen LogP contribution < -0.4 is 15.3 Å². The second-order valence-electron chi connectivity index (χ2n) is 4.71. The molecule has 0 N–H and O–H groups in total. The molecule has 1 aliphatic heterocycles. The van der Waals surface area contributed by atoms with Gasteiger partial charge in [-0.3, -0.25) is 0 Å². The Bertz CT molecular complexity index is 760. The van der Waals surface area contributed by atoms with E-state index in [2.05, 4.69) is 20.4 Å². The Kier molecular flexibility index (Phi) is 2.27. The summed E-state index contributed by atoms with van der Waals surface area (Å²) in [7, 11) is 0. The maximum Gasteiger partial charge on any atom is 0.156 e. The van der Waals surface area contributed by atoms with E-state index in [-0.39, 0.29) is 0 Å². The van der Waals surface area contributed by atoms with Gasteiger partial charge >= 0.3 is 0 Å². The largest absolute Gasteiger partial charge is 0.453 e. The smallest absolute Gasteiger partial charge is 0.156 e. The maximum atomic E-state index is 5.99. The number of nitrogens with zero attached hydrogens (tertiary/aromatic N) is 1. The molecule has 90 valence electrons. The van der Waals surface area contributed by atoms with Gasteiger partial charge in [0.1, 0.15) is 11.0 Å². The molecule has 0 aromatic heterocycles. The van der Waals surface area contributed by atoms with E-state index in [1.165, 1.54) is 5.56 Å². The number of ether oxygens (including phenoxy) is 1. The molecule has 0 fully saturated rings. The molecule has 0 atom stereocenters. The summed E-state index contributed by atoms with van der Waals surface area (Å²) in [6.07, 6.45) is 0. The fraction of sp³-hybridized carbons (Fsp3) is 0.188. The lowest BCUT2D eigenvalue weighted by molar-refractivity contribution is 0.464. The zero-order valence-electron chi connectivity index (χ0n) is 10.9. The van der Waals surface area contributed by atoms with Gasteiger partial charge in [-0.15, -0.1) is 0 Å². The summed E-state index contributed by atoms with van der Waals surface area (Å²) in [5, 5.41) is 1.98. The Morgan fingerprint density at radius 3 is 2.50 bits per heavy atom. The van der Waals surface area contributed by atoms with E-state index in [1.54, 1.807) is 0 Å². The highest BCUT2D eigenvalue weighted by molar-refractivity contribution is 5.58. The van der Waals surface area contributed by atoms with Crippen molar-refractivity contribution in [2.45, 2.75) is 20.8 Å². The number of hydrogen-bond donors (Lipinski definition) is 0. The maximum absolute atomic E-state index is 5.99. The van der Waals surface area contributed by atoms with Crippen molar-refractivity contribution in [3.05, 3.63) is 51.5 Å². The highest BCUT2D eigenvalue weighted by atomic mass is 16.5. The minimum Gasteiger partial charge on any atom is -0.453 e. The van der Waals surface area contributed by atoms with Crippen molar-refractivity contribution in [1.29, 1.82) is 0 Å². The quantitative estimate of drug-likeness (QED) is 0.589. The average molecular weight is 237 g/mol. The third-order valence-electron chi connectivity index (χ3n) is 3.69.